The molecule has 3 aromatic rings. The molecule has 30 heavy (non-hydrogen) atoms. The Labute approximate surface area is 174 Å². The molecule has 3 N–H and O–H groups in total. The van der Waals surface area contributed by atoms with Crippen molar-refractivity contribution >= 4 is 17.7 Å². The van der Waals surface area contributed by atoms with E-state index in [1.165, 1.54) is 41.1 Å². The molecule has 1 amide bonds. The Kier molecular flexibility index (Phi) is 6.83. The Morgan fingerprint density at radius 3 is 2.47 bits per heavy atom. The van der Waals surface area contributed by atoms with E-state index < -0.39 is 6.61 Å². The number of thioether (sulfide) groups is 1. The molecule has 3 rings (SSSR count). The lowest BCUT2D eigenvalue weighted by Crippen LogP contribution is -2.28. The predicted octanol–water partition coefficient (Wildman–Crippen LogP) is 3.37. The van der Waals surface area contributed by atoms with E-state index in [0.717, 1.165) is 17.3 Å². The summed E-state index contributed by atoms with van der Waals surface area (Å²) in [4.78, 5) is 12.2. The van der Waals surface area contributed by atoms with Crippen LogP contribution in [0, 0.1) is 5.82 Å². The molecule has 0 aliphatic carbocycles. The number of halogens is 3. The van der Waals surface area contributed by atoms with Gasteiger partial charge in [0.1, 0.15) is 11.6 Å². The second-order valence-electron chi connectivity index (χ2n) is 6.21. The van der Waals surface area contributed by atoms with Crippen LogP contribution < -0.4 is 15.9 Å². The van der Waals surface area contributed by atoms with Gasteiger partial charge in [0, 0.05) is 5.56 Å². The highest BCUT2D eigenvalue weighted by atomic mass is 32.2. The molecule has 7 nitrogen and oxygen atoms in total. The van der Waals surface area contributed by atoms with Crippen molar-refractivity contribution in [3.05, 3.63) is 59.9 Å². The van der Waals surface area contributed by atoms with Gasteiger partial charge in [-0.15, -0.1) is 10.2 Å². The van der Waals surface area contributed by atoms with E-state index in [9.17, 15) is 18.0 Å². The summed E-state index contributed by atoms with van der Waals surface area (Å²) in [5.41, 5.74) is 1.33. The van der Waals surface area contributed by atoms with Crippen molar-refractivity contribution in [3.63, 3.8) is 0 Å². The van der Waals surface area contributed by atoms with Crippen LogP contribution in [0.25, 0.3) is 11.4 Å². The summed E-state index contributed by atoms with van der Waals surface area (Å²) >= 11 is 1.09. The maximum atomic E-state index is 13.0. The lowest BCUT2D eigenvalue weighted by molar-refractivity contribution is -0.119. The van der Waals surface area contributed by atoms with Crippen molar-refractivity contribution in [3.8, 4) is 17.1 Å². The topological polar surface area (TPSA) is 95.1 Å². The molecule has 0 fully saturated rings. The number of ether oxygens (including phenoxy) is 1. The van der Waals surface area contributed by atoms with Gasteiger partial charge in [-0.2, -0.15) is 8.78 Å². The Balaban J connectivity index is 1.58. The molecule has 0 aliphatic heterocycles. The van der Waals surface area contributed by atoms with Gasteiger partial charge in [0.25, 0.3) is 0 Å². The Morgan fingerprint density at radius 1 is 1.17 bits per heavy atom. The molecule has 0 spiro atoms. The van der Waals surface area contributed by atoms with E-state index in [2.05, 4.69) is 20.3 Å². The number of aromatic nitrogens is 3. The van der Waals surface area contributed by atoms with Crippen LogP contribution in [0.5, 0.6) is 5.75 Å². The summed E-state index contributed by atoms with van der Waals surface area (Å²) in [6.07, 6.45) is 0. The lowest BCUT2D eigenvalue weighted by Gasteiger charge is -2.14. The summed E-state index contributed by atoms with van der Waals surface area (Å²) in [7, 11) is 0. The Morgan fingerprint density at radius 2 is 1.83 bits per heavy atom. The summed E-state index contributed by atoms with van der Waals surface area (Å²) < 4.78 is 43.0. The van der Waals surface area contributed by atoms with Gasteiger partial charge < -0.3 is 15.9 Å². The molecule has 1 atom stereocenters. The first-order chi connectivity index (χ1) is 14.3. The number of hydrogen-bond donors (Lipinski definition) is 2. The fraction of sp³-hybridized carbons (Fsp3) is 0.211. The third-order valence-corrected chi connectivity index (χ3v) is 5.03. The highest BCUT2D eigenvalue weighted by molar-refractivity contribution is 7.99. The molecule has 0 radical (unpaired) electrons. The minimum absolute atomic E-state index is 0.0124. The van der Waals surface area contributed by atoms with Gasteiger partial charge in [-0.05, 0) is 48.9 Å². The summed E-state index contributed by atoms with van der Waals surface area (Å²) in [6, 6.07) is 11.4. The number of benzene rings is 2. The van der Waals surface area contributed by atoms with E-state index in [1.807, 2.05) is 0 Å². The van der Waals surface area contributed by atoms with E-state index in [1.54, 1.807) is 19.1 Å². The third kappa shape index (κ3) is 5.44. The molecule has 1 heterocycles. The Bertz CT molecular complexity index is 996. The van der Waals surface area contributed by atoms with E-state index in [-0.39, 0.29) is 29.3 Å². The summed E-state index contributed by atoms with van der Waals surface area (Å²) in [5.74, 6) is 5.76. The fourth-order valence-electron chi connectivity index (χ4n) is 2.61. The molecular weight excluding hydrogens is 419 g/mol. The standard InChI is InChI=1S/C19H18F3N5O2S/c1-11(12-2-6-14(20)7-3-12)24-16(28)10-30-19-26-25-17(27(19)23)13-4-8-15(9-5-13)29-18(21)22/h2-9,11,18H,10,23H2,1H3,(H,24,28). The average Bonchev–Trinajstić information content (AvgIpc) is 3.07. The fourth-order valence-corrected chi connectivity index (χ4v) is 3.27. The monoisotopic (exact) mass is 437 g/mol. The van der Waals surface area contributed by atoms with Crippen molar-refractivity contribution < 1.29 is 22.7 Å². The second-order valence-corrected chi connectivity index (χ2v) is 7.15. The van der Waals surface area contributed by atoms with Crippen molar-refractivity contribution in [2.45, 2.75) is 24.7 Å². The average molecular weight is 437 g/mol. The zero-order valence-electron chi connectivity index (χ0n) is 15.8. The van der Waals surface area contributed by atoms with Crippen LogP contribution in [-0.4, -0.2) is 33.1 Å². The third-order valence-electron chi connectivity index (χ3n) is 4.08. The van der Waals surface area contributed by atoms with Crippen molar-refractivity contribution in [2.24, 2.45) is 0 Å². The molecule has 0 saturated heterocycles. The minimum Gasteiger partial charge on any atom is -0.435 e. The molecule has 2 aromatic carbocycles. The van der Waals surface area contributed by atoms with Gasteiger partial charge in [0.05, 0.1) is 11.8 Å². The van der Waals surface area contributed by atoms with Gasteiger partial charge in [0.15, 0.2) is 5.82 Å². The highest BCUT2D eigenvalue weighted by Crippen LogP contribution is 2.24. The molecule has 1 aromatic heterocycles. The number of nitrogens with two attached hydrogens (primary N) is 1. The van der Waals surface area contributed by atoms with Crippen LogP contribution in [0.3, 0.4) is 0 Å². The number of carbonyl (C=O) groups excluding carboxylic acids is 1. The van der Waals surface area contributed by atoms with Gasteiger partial charge in [-0.25, -0.2) is 9.07 Å². The lowest BCUT2D eigenvalue weighted by atomic mass is 10.1. The van der Waals surface area contributed by atoms with Crippen molar-refractivity contribution in [1.29, 1.82) is 0 Å². The zero-order chi connectivity index (χ0) is 21.7. The summed E-state index contributed by atoms with van der Waals surface area (Å²) in [5, 5.41) is 11.1. The minimum atomic E-state index is -2.91. The first-order valence-corrected chi connectivity index (χ1v) is 9.75. The van der Waals surface area contributed by atoms with Crippen LogP contribution >= 0.6 is 11.8 Å². The van der Waals surface area contributed by atoms with Crippen molar-refractivity contribution in [2.75, 3.05) is 11.6 Å². The van der Waals surface area contributed by atoms with Gasteiger partial charge in [-0.1, -0.05) is 23.9 Å². The van der Waals surface area contributed by atoms with E-state index in [0.29, 0.717) is 16.5 Å². The largest absolute Gasteiger partial charge is 0.435 e. The number of nitrogens with zero attached hydrogens (tertiary/aromatic N) is 3. The maximum Gasteiger partial charge on any atom is 0.387 e. The molecule has 1 unspecified atom stereocenters. The number of carbonyl (C=O) groups is 1. The quantitative estimate of drug-likeness (QED) is 0.415. The highest BCUT2D eigenvalue weighted by Gasteiger charge is 2.16. The normalized spacial score (nSPS) is 12.0. The number of amides is 1. The molecular formula is C19H18F3N5O2S. The second kappa shape index (κ2) is 9.53. The maximum absolute atomic E-state index is 13.0. The molecule has 11 heteroatoms. The number of nitrogen functional groups attached to an aromatic ring is 1. The van der Waals surface area contributed by atoms with Crippen LogP contribution in [0.15, 0.2) is 53.7 Å². The molecule has 0 saturated carbocycles. The number of hydrogen-bond acceptors (Lipinski definition) is 6. The van der Waals surface area contributed by atoms with E-state index >= 15 is 0 Å². The summed E-state index contributed by atoms with van der Waals surface area (Å²) in [6.45, 7) is -1.12. The number of rotatable bonds is 8. The first-order valence-electron chi connectivity index (χ1n) is 8.77. The van der Waals surface area contributed by atoms with Crippen molar-refractivity contribution in [1.82, 2.24) is 20.2 Å². The predicted molar refractivity (Wildman–Crippen MR) is 106 cm³/mol. The van der Waals surface area contributed by atoms with E-state index in [4.69, 9.17) is 5.84 Å². The molecule has 0 bridgehead atoms. The molecule has 158 valence electrons. The van der Waals surface area contributed by atoms with Gasteiger partial charge in [0.2, 0.25) is 11.1 Å². The van der Waals surface area contributed by atoms with Gasteiger partial charge >= 0.3 is 6.61 Å². The SMILES string of the molecule is CC(NC(=O)CSc1nnc(-c2ccc(OC(F)F)cc2)n1N)c1ccc(F)cc1. The first kappa shape index (κ1) is 21.5. The Hall–Kier alpha value is -3.21. The zero-order valence-corrected chi connectivity index (χ0v) is 16.6. The smallest absolute Gasteiger partial charge is 0.387 e. The van der Waals surface area contributed by atoms with Gasteiger partial charge in [-0.3, -0.25) is 4.79 Å². The van der Waals surface area contributed by atoms with Crippen LogP contribution in [-0.2, 0) is 4.79 Å². The van der Waals surface area contributed by atoms with Crippen LogP contribution in [0.1, 0.15) is 18.5 Å². The number of alkyl halides is 2. The van der Waals surface area contributed by atoms with Crippen LogP contribution in [0.4, 0.5) is 13.2 Å². The van der Waals surface area contributed by atoms with Crippen LogP contribution in [0.2, 0.25) is 0 Å². The number of nitrogens with one attached hydrogen (secondary N) is 1. The molecule has 0 aliphatic rings.